The van der Waals surface area contributed by atoms with Gasteiger partial charge in [-0.3, -0.25) is 9.69 Å². The number of ether oxygens (including phenoxy) is 1. The molecule has 7 heteroatoms. The fraction of sp³-hybridized carbons (Fsp3) is 0.389. The first kappa shape index (κ1) is 17.3. The van der Waals surface area contributed by atoms with E-state index in [4.69, 9.17) is 4.74 Å². The van der Waals surface area contributed by atoms with E-state index < -0.39 is 0 Å². The van der Waals surface area contributed by atoms with Crippen molar-refractivity contribution in [2.75, 3.05) is 44.7 Å². The molecule has 0 radical (unpaired) electrons. The summed E-state index contributed by atoms with van der Waals surface area (Å²) in [5.74, 6) is 0.448. The van der Waals surface area contributed by atoms with Crippen LogP contribution in [-0.2, 0) is 11.3 Å². The van der Waals surface area contributed by atoms with E-state index in [1.165, 1.54) is 0 Å². The van der Waals surface area contributed by atoms with Gasteiger partial charge in [0.05, 0.1) is 13.2 Å². The van der Waals surface area contributed by atoms with Crippen molar-refractivity contribution < 1.29 is 9.53 Å². The normalized spacial score (nSPS) is 14.9. The van der Waals surface area contributed by atoms with E-state index in [-0.39, 0.29) is 5.91 Å². The number of carbonyl (C=O) groups is 1. The summed E-state index contributed by atoms with van der Waals surface area (Å²) in [6, 6.07) is 13.5. The second-order valence-electron chi connectivity index (χ2n) is 5.85. The molecule has 132 valence electrons. The van der Waals surface area contributed by atoms with Crippen LogP contribution in [0, 0.1) is 0 Å². The molecule has 0 spiro atoms. The molecule has 2 aromatic rings. The molecule has 0 unspecified atom stereocenters. The number of hydrogen-bond acceptors (Lipinski definition) is 6. The van der Waals surface area contributed by atoms with Crippen LogP contribution in [-0.4, -0.2) is 60.4 Å². The van der Waals surface area contributed by atoms with Gasteiger partial charge in [-0.2, -0.15) is 0 Å². The van der Waals surface area contributed by atoms with Crippen molar-refractivity contribution in [3.63, 3.8) is 0 Å². The van der Waals surface area contributed by atoms with Gasteiger partial charge in [-0.15, -0.1) is 10.2 Å². The van der Waals surface area contributed by atoms with Gasteiger partial charge in [0.2, 0.25) is 0 Å². The van der Waals surface area contributed by atoms with E-state index in [2.05, 4.69) is 25.7 Å². The number of benzene rings is 1. The molecule has 0 atom stereocenters. The summed E-state index contributed by atoms with van der Waals surface area (Å²) in [6.45, 7) is 5.43. The molecule has 3 rings (SSSR count). The Morgan fingerprint density at radius 1 is 1.08 bits per heavy atom. The third kappa shape index (κ3) is 5.51. The molecule has 7 nitrogen and oxygen atoms in total. The number of rotatable bonds is 7. The zero-order valence-electron chi connectivity index (χ0n) is 14.1. The van der Waals surface area contributed by atoms with Crippen molar-refractivity contribution in [2.24, 2.45) is 0 Å². The standard InChI is InChI=1S/C18H23N5O2/c24-18(19-8-9-23-10-12-25-13-11-23)16-6-7-17(22-21-16)20-14-15-4-2-1-3-5-15/h1-7H,8-14H2,(H,19,24)(H,20,22). The van der Waals surface area contributed by atoms with E-state index in [1.54, 1.807) is 12.1 Å². The first-order valence-corrected chi connectivity index (χ1v) is 8.51. The zero-order chi connectivity index (χ0) is 17.3. The Morgan fingerprint density at radius 2 is 1.88 bits per heavy atom. The summed E-state index contributed by atoms with van der Waals surface area (Å²) in [6.07, 6.45) is 0. The molecule has 0 saturated carbocycles. The van der Waals surface area contributed by atoms with Gasteiger partial charge in [0, 0.05) is 32.7 Å². The fourth-order valence-corrected chi connectivity index (χ4v) is 2.58. The summed E-state index contributed by atoms with van der Waals surface area (Å²) >= 11 is 0. The molecule has 1 aliphatic heterocycles. The third-order valence-corrected chi connectivity index (χ3v) is 4.03. The van der Waals surface area contributed by atoms with Gasteiger partial charge < -0.3 is 15.4 Å². The maximum atomic E-state index is 12.1. The first-order valence-electron chi connectivity index (χ1n) is 8.51. The number of morpholine rings is 1. The van der Waals surface area contributed by atoms with Crippen LogP contribution in [0.15, 0.2) is 42.5 Å². The van der Waals surface area contributed by atoms with Gasteiger partial charge in [-0.05, 0) is 17.7 Å². The Balaban J connectivity index is 1.42. The van der Waals surface area contributed by atoms with Crippen LogP contribution in [0.25, 0.3) is 0 Å². The molecule has 1 fully saturated rings. The molecular formula is C18H23N5O2. The molecule has 2 heterocycles. The second kappa shape index (κ2) is 9.10. The minimum atomic E-state index is -0.199. The number of amides is 1. The minimum absolute atomic E-state index is 0.199. The number of anilines is 1. The van der Waals surface area contributed by atoms with Gasteiger partial charge in [0.1, 0.15) is 5.82 Å². The quantitative estimate of drug-likeness (QED) is 0.786. The third-order valence-electron chi connectivity index (χ3n) is 4.03. The summed E-state index contributed by atoms with van der Waals surface area (Å²) in [5.41, 5.74) is 1.49. The van der Waals surface area contributed by atoms with Crippen LogP contribution in [0.3, 0.4) is 0 Å². The number of carbonyl (C=O) groups excluding carboxylic acids is 1. The highest BCUT2D eigenvalue weighted by Crippen LogP contribution is 2.06. The van der Waals surface area contributed by atoms with Gasteiger partial charge >= 0.3 is 0 Å². The molecule has 25 heavy (non-hydrogen) atoms. The van der Waals surface area contributed by atoms with Crippen molar-refractivity contribution in [1.29, 1.82) is 0 Å². The van der Waals surface area contributed by atoms with Crippen LogP contribution >= 0.6 is 0 Å². The number of nitrogens with one attached hydrogen (secondary N) is 2. The molecule has 1 saturated heterocycles. The van der Waals surface area contributed by atoms with Crippen molar-refractivity contribution in [3.05, 3.63) is 53.7 Å². The van der Waals surface area contributed by atoms with Gasteiger partial charge in [-0.25, -0.2) is 0 Å². The van der Waals surface area contributed by atoms with Crippen LogP contribution in [0.2, 0.25) is 0 Å². The molecule has 0 bridgehead atoms. The highest BCUT2D eigenvalue weighted by molar-refractivity contribution is 5.92. The van der Waals surface area contributed by atoms with E-state index in [1.807, 2.05) is 30.3 Å². The topological polar surface area (TPSA) is 79.4 Å². The maximum absolute atomic E-state index is 12.1. The molecule has 1 aromatic heterocycles. The van der Waals surface area contributed by atoms with Crippen molar-refractivity contribution in [3.8, 4) is 0 Å². The second-order valence-corrected chi connectivity index (χ2v) is 5.85. The predicted molar refractivity (Wildman–Crippen MR) is 95.4 cm³/mol. The summed E-state index contributed by atoms with van der Waals surface area (Å²) in [7, 11) is 0. The lowest BCUT2D eigenvalue weighted by atomic mass is 10.2. The highest BCUT2D eigenvalue weighted by Gasteiger charge is 2.11. The average molecular weight is 341 g/mol. The first-order chi connectivity index (χ1) is 12.3. The van der Waals surface area contributed by atoms with E-state index in [0.29, 0.717) is 24.6 Å². The Kier molecular flexibility index (Phi) is 6.30. The fourth-order valence-electron chi connectivity index (χ4n) is 2.58. The Bertz CT molecular complexity index is 657. The Labute approximate surface area is 147 Å². The average Bonchev–Trinajstić information content (AvgIpc) is 2.68. The van der Waals surface area contributed by atoms with Crippen LogP contribution in [0.1, 0.15) is 16.1 Å². The molecule has 0 aliphatic carbocycles. The van der Waals surface area contributed by atoms with Gasteiger partial charge in [-0.1, -0.05) is 30.3 Å². The monoisotopic (exact) mass is 341 g/mol. The maximum Gasteiger partial charge on any atom is 0.271 e. The summed E-state index contributed by atoms with van der Waals surface area (Å²) < 4.78 is 5.30. The smallest absolute Gasteiger partial charge is 0.271 e. The summed E-state index contributed by atoms with van der Waals surface area (Å²) in [4.78, 5) is 14.4. The lowest BCUT2D eigenvalue weighted by Gasteiger charge is -2.26. The largest absolute Gasteiger partial charge is 0.379 e. The van der Waals surface area contributed by atoms with Gasteiger partial charge in [0.25, 0.3) is 5.91 Å². The number of aromatic nitrogens is 2. The molecule has 2 N–H and O–H groups in total. The molecular weight excluding hydrogens is 318 g/mol. The van der Waals surface area contributed by atoms with Crippen molar-refractivity contribution >= 4 is 11.7 Å². The van der Waals surface area contributed by atoms with E-state index >= 15 is 0 Å². The van der Waals surface area contributed by atoms with E-state index in [0.717, 1.165) is 38.4 Å². The highest BCUT2D eigenvalue weighted by atomic mass is 16.5. The van der Waals surface area contributed by atoms with Crippen molar-refractivity contribution in [2.45, 2.75) is 6.54 Å². The Morgan fingerprint density at radius 3 is 2.60 bits per heavy atom. The number of nitrogens with zero attached hydrogens (tertiary/aromatic N) is 3. The zero-order valence-corrected chi connectivity index (χ0v) is 14.1. The van der Waals surface area contributed by atoms with Crippen molar-refractivity contribution in [1.82, 2.24) is 20.4 Å². The Hall–Kier alpha value is -2.51. The number of hydrogen-bond donors (Lipinski definition) is 2. The molecule has 1 amide bonds. The van der Waals surface area contributed by atoms with E-state index in [9.17, 15) is 4.79 Å². The lowest BCUT2D eigenvalue weighted by molar-refractivity contribution is 0.0383. The van der Waals surface area contributed by atoms with Crippen LogP contribution < -0.4 is 10.6 Å². The van der Waals surface area contributed by atoms with Gasteiger partial charge in [0.15, 0.2) is 5.69 Å². The molecule has 1 aromatic carbocycles. The predicted octanol–water partition coefficient (Wildman–Crippen LogP) is 1.15. The van der Waals surface area contributed by atoms with Crippen LogP contribution in [0.4, 0.5) is 5.82 Å². The minimum Gasteiger partial charge on any atom is -0.379 e. The van der Waals surface area contributed by atoms with Crippen LogP contribution in [0.5, 0.6) is 0 Å². The SMILES string of the molecule is O=C(NCCN1CCOCC1)c1ccc(NCc2ccccc2)nn1. The summed E-state index contributed by atoms with van der Waals surface area (Å²) in [5, 5.41) is 14.1. The lowest BCUT2D eigenvalue weighted by Crippen LogP contribution is -2.41. The molecule has 1 aliphatic rings.